The molecule has 2 aromatic rings. The quantitative estimate of drug-likeness (QED) is 0.862. The lowest BCUT2D eigenvalue weighted by Crippen LogP contribution is -2.48. The highest BCUT2D eigenvalue weighted by molar-refractivity contribution is 6.33. The van der Waals surface area contributed by atoms with Crippen molar-refractivity contribution in [2.45, 2.75) is 33.2 Å². The molecule has 0 spiro atoms. The fourth-order valence-electron chi connectivity index (χ4n) is 2.39. The van der Waals surface area contributed by atoms with Crippen molar-refractivity contribution in [3.05, 3.63) is 40.6 Å². The molecular weight excluding hydrogens is 332 g/mol. The van der Waals surface area contributed by atoms with Crippen molar-refractivity contribution in [1.82, 2.24) is 10.5 Å². The van der Waals surface area contributed by atoms with Crippen LogP contribution in [0.3, 0.4) is 0 Å². The highest BCUT2D eigenvalue weighted by atomic mass is 35.5. The summed E-state index contributed by atoms with van der Waals surface area (Å²) in [6, 6.07) is 5.81. The molecule has 0 unspecified atom stereocenters. The number of carboxylic acids is 1. The summed E-state index contributed by atoms with van der Waals surface area (Å²) >= 11 is 6.15. The lowest BCUT2D eigenvalue weighted by Gasteiger charge is -2.21. The zero-order valence-corrected chi connectivity index (χ0v) is 14.4. The van der Waals surface area contributed by atoms with Crippen LogP contribution < -0.4 is 10.4 Å². The van der Waals surface area contributed by atoms with E-state index in [1.54, 1.807) is 31.2 Å². The van der Waals surface area contributed by atoms with Gasteiger partial charge in [-0.1, -0.05) is 48.8 Å². The lowest BCUT2D eigenvalue weighted by molar-refractivity contribution is -0.308. The highest BCUT2D eigenvalue weighted by Gasteiger charge is 2.25. The molecule has 1 atom stereocenters. The van der Waals surface area contributed by atoms with E-state index in [1.807, 2.05) is 13.8 Å². The normalized spacial score (nSPS) is 12.2. The van der Waals surface area contributed by atoms with Gasteiger partial charge >= 0.3 is 0 Å². The summed E-state index contributed by atoms with van der Waals surface area (Å²) in [5.41, 5.74) is 0.977. The van der Waals surface area contributed by atoms with Crippen molar-refractivity contribution in [2.24, 2.45) is 5.92 Å². The molecule has 1 aromatic carbocycles. The van der Waals surface area contributed by atoms with Crippen LogP contribution in [0.1, 0.15) is 36.4 Å². The van der Waals surface area contributed by atoms with Crippen LogP contribution in [0.4, 0.5) is 0 Å². The third-order valence-electron chi connectivity index (χ3n) is 3.52. The number of hydrogen-bond donors (Lipinski definition) is 1. The van der Waals surface area contributed by atoms with Crippen LogP contribution in [0.15, 0.2) is 28.8 Å². The minimum absolute atomic E-state index is 0.0832. The number of carbonyl (C=O) groups excluding carboxylic acids is 2. The number of amides is 1. The molecule has 0 saturated heterocycles. The molecule has 0 fully saturated rings. The van der Waals surface area contributed by atoms with Gasteiger partial charge in [0.2, 0.25) is 0 Å². The summed E-state index contributed by atoms with van der Waals surface area (Å²) in [6.45, 7) is 5.31. The van der Waals surface area contributed by atoms with E-state index >= 15 is 0 Å². The highest BCUT2D eigenvalue weighted by Crippen LogP contribution is 2.31. The van der Waals surface area contributed by atoms with Gasteiger partial charge in [0.05, 0.1) is 17.0 Å². The molecule has 0 bridgehead atoms. The second kappa shape index (κ2) is 7.49. The molecule has 7 heteroatoms. The van der Waals surface area contributed by atoms with Crippen LogP contribution >= 0.6 is 11.6 Å². The Labute approximate surface area is 144 Å². The summed E-state index contributed by atoms with van der Waals surface area (Å²) in [5, 5.41) is 18.0. The second-order valence-corrected chi connectivity index (χ2v) is 6.32. The third-order valence-corrected chi connectivity index (χ3v) is 3.85. The summed E-state index contributed by atoms with van der Waals surface area (Å²) in [7, 11) is 0. The summed E-state index contributed by atoms with van der Waals surface area (Å²) in [6.07, 6.45) is 0.264. The first kappa shape index (κ1) is 18.0. The van der Waals surface area contributed by atoms with Gasteiger partial charge in [0.1, 0.15) is 17.0 Å². The molecule has 1 amide bonds. The summed E-state index contributed by atoms with van der Waals surface area (Å²) < 4.78 is 5.12. The van der Waals surface area contributed by atoms with Crippen molar-refractivity contribution >= 4 is 23.5 Å². The largest absolute Gasteiger partial charge is 0.548 e. The predicted octanol–water partition coefficient (Wildman–Crippen LogP) is 2.20. The Morgan fingerprint density at radius 2 is 2.00 bits per heavy atom. The average molecular weight is 350 g/mol. The van der Waals surface area contributed by atoms with Crippen molar-refractivity contribution in [2.75, 3.05) is 0 Å². The van der Waals surface area contributed by atoms with E-state index in [1.165, 1.54) is 0 Å². The van der Waals surface area contributed by atoms with E-state index in [9.17, 15) is 14.7 Å². The number of aliphatic carboxylic acids is 1. The molecular formula is C17H18ClN2O4-. The first-order valence-electron chi connectivity index (χ1n) is 7.54. The van der Waals surface area contributed by atoms with Gasteiger partial charge in [0, 0.05) is 5.56 Å². The van der Waals surface area contributed by atoms with E-state index < -0.39 is 17.9 Å². The minimum Gasteiger partial charge on any atom is -0.548 e. The van der Waals surface area contributed by atoms with Gasteiger partial charge in [0.25, 0.3) is 5.91 Å². The monoisotopic (exact) mass is 349 g/mol. The van der Waals surface area contributed by atoms with Gasteiger partial charge in [-0.3, -0.25) is 4.79 Å². The molecule has 0 radical (unpaired) electrons. The maximum Gasteiger partial charge on any atom is 0.257 e. The van der Waals surface area contributed by atoms with Crippen molar-refractivity contribution < 1.29 is 19.2 Å². The van der Waals surface area contributed by atoms with Crippen LogP contribution in [-0.2, 0) is 4.79 Å². The number of rotatable bonds is 6. The Bertz CT molecular complexity index is 755. The Hall–Kier alpha value is -2.34. The Kier molecular flexibility index (Phi) is 5.62. The predicted molar refractivity (Wildman–Crippen MR) is 87.4 cm³/mol. The molecule has 128 valence electrons. The standard InChI is InChI=1S/C17H19ClN2O4/c1-9(2)8-13(17(22)23)19-16(21)14-10(3)24-20-15(14)11-6-4-5-7-12(11)18/h4-7,9,13H,8H2,1-3H3,(H,19,21)(H,22,23)/p-1/t13-/m1/s1. The zero-order chi connectivity index (χ0) is 17.9. The Balaban J connectivity index is 2.35. The van der Waals surface area contributed by atoms with Crippen LogP contribution in [0.25, 0.3) is 11.3 Å². The number of nitrogens with zero attached hydrogens (tertiary/aromatic N) is 1. The zero-order valence-electron chi connectivity index (χ0n) is 13.6. The fraction of sp³-hybridized carbons (Fsp3) is 0.353. The number of benzene rings is 1. The topological polar surface area (TPSA) is 95.3 Å². The molecule has 1 aromatic heterocycles. The molecule has 1 heterocycles. The first-order chi connectivity index (χ1) is 11.3. The van der Waals surface area contributed by atoms with E-state index in [-0.39, 0.29) is 29.4 Å². The van der Waals surface area contributed by atoms with Crippen LogP contribution in [0, 0.1) is 12.8 Å². The van der Waals surface area contributed by atoms with Crippen molar-refractivity contribution in [3.63, 3.8) is 0 Å². The summed E-state index contributed by atoms with van der Waals surface area (Å²) in [5.74, 6) is -1.55. The summed E-state index contributed by atoms with van der Waals surface area (Å²) in [4.78, 5) is 23.8. The molecule has 1 N–H and O–H groups in total. The number of nitrogens with one attached hydrogen (secondary N) is 1. The molecule has 0 aliphatic carbocycles. The average Bonchev–Trinajstić information content (AvgIpc) is 2.88. The van der Waals surface area contributed by atoms with Crippen LogP contribution in [-0.4, -0.2) is 23.1 Å². The number of carbonyl (C=O) groups is 2. The van der Waals surface area contributed by atoms with Gasteiger partial charge in [0.15, 0.2) is 0 Å². The SMILES string of the molecule is Cc1onc(-c2ccccc2Cl)c1C(=O)N[C@H](CC(C)C)C(=O)[O-]. The molecule has 0 aliphatic rings. The van der Waals surface area contributed by atoms with Gasteiger partial charge in [-0.25, -0.2) is 0 Å². The molecule has 6 nitrogen and oxygen atoms in total. The van der Waals surface area contributed by atoms with Gasteiger partial charge in [-0.15, -0.1) is 0 Å². The molecule has 0 aliphatic heterocycles. The maximum atomic E-state index is 12.6. The van der Waals surface area contributed by atoms with Gasteiger partial charge in [-0.05, 0) is 25.3 Å². The first-order valence-corrected chi connectivity index (χ1v) is 7.92. The van der Waals surface area contributed by atoms with Gasteiger partial charge in [-0.2, -0.15) is 0 Å². The number of carboxylic acid groups (broad SMARTS) is 1. The van der Waals surface area contributed by atoms with Crippen LogP contribution in [0.5, 0.6) is 0 Å². The smallest absolute Gasteiger partial charge is 0.257 e. The van der Waals surface area contributed by atoms with E-state index in [0.29, 0.717) is 10.6 Å². The molecule has 24 heavy (non-hydrogen) atoms. The van der Waals surface area contributed by atoms with Crippen LogP contribution in [0.2, 0.25) is 5.02 Å². The third kappa shape index (κ3) is 3.94. The van der Waals surface area contributed by atoms with Crippen molar-refractivity contribution in [1.29, 1.82) is 0 Å². The minimum atomic E-state index is -1.33. The Morgan fingerprint density at radius 1 is 1.33 bits per heavy atom. The number of aryl methyl sites for hydroxylation is 1. The second-order valence-electron chi connectivity index (χ2n) is 5.92. The Morgan fingerprint density at radius 3 is 2.58 bits per heavy atom. The molecule has 2 rings (SSSR count). The number of aromatic nitrogens is 1. The van der Waals surface area contributed by atoms with E-state index in [2.05, 4.69) is 10.5 Å². The number of hydrogen-bond acceptors (Lipinski definition) is 5. The van der Waals surface area contributed by atoms with E-state index in [4.69, 9.17) is 16.1 Å². The molecule has 0 saturated carbocycles. The lowest BCUT2D eigenvalue weighted by atomic mass is 10.0. The number of halogens is 1. The fourth-order valence-corrected chi connectivity index (χ4v) is 2.62. The van der Waals surface area contributed by atoms with Crippen molar-refractivity contribution in [3.8, 4) is 11.3 Å². The van der Waals surface area contributed by atoms with Gasteiger partial charge < -0.3 is 19.7 Å². The van der Waals surface area contributed by atoms with E-state index in [0.717, 1.165) is 0 Å². The maximum absolute atomic E-state index is 12.6.